The summed E-state index contributed by atoms with van der Waals surface area (Å²) in [5, 5.41) is 4.11. The number of carbonyl (C=O) groups excluding carboxylic acids is 1. The second kappa shape index (κ2) is 8.45. The molecule has 26 heavy (non-hydrogen) atoms. The van der Waals surface area contributed by atoms with Crippen molar-refractivity contribution in [1.82, 2.24) is 4.98 Å². The first-order valence-corrected chi connectivity index (χ1v) is 9.20. The van der Waals surface area contributed by atoms with Crippen molar-refractivity contribution in [3.8, 4) is 0 Å². The van der Waals surface area contributed by atoms with Crippen LogP contribution in [0.2, 0.25) is 10.0 Å². The van der Waals surface area contributed by atoms with E-state index < -0.39 is 0 Å². The number of thiazole rings is 1. The van der Waals surface area contributed by atoms with E-state index in [0.717, 1.165) is 16.0 Å². The van der Waals surface area contributed by atoms with Crippen molar-refractivity contribution in [3.63, 3.8) is 0 Å². The average Bonchev–Trinajstić information content (AvgIpc) is 3.05. The molecule has 0 fully saturated rings. The lowest BCUT2D eigenvalue weighted by atomic mass is 10.1. The Morgan fingerprint density at radius 2 is 1.92 bits per heavy atom. The van der Waals surface area contributed by atoms with Gasteiger partial charge in [0.05, 0.1) is 10.0 Å². The minimum Gasteiger partial charge on any atom is -0.298 e. The van der Waals surface area contributed by atoms with Crippen molar-refractivity contribution in [1.29, 1.82) is 0 Å². The molecule has 0 aliphatic rings. The van der Waals surface area contributed by atoms with Gasteiger partial charge in [-0.05, 0) is 41.5 Å². The first kappa shape index (κ1) is 18.6. The number of nitrogens with one attached hydrogen (secondary N) is 1. The number of anilines is 1. The monoisotopic (exact) mass is 406 g/mol. The molecule has 1 aromatic heterocycles. The van der Waals surface area contributed by atoms with Crippen LogP contribution in [0.15, 0.2) is 54.7 Å². The summed E-state index contributed by atoms with van der Waals surface area (Å²) in [6.45, 7) is 0. The van der Waals surface area contributed by atoms with Crippen molar-refractivity contribution in [3.05, 3.63) is 86.6 Å². The number of benzene rings is 2. The summed E-state index contributed by atoms with van der Waals surface area (Å²) >= 11 is 13.2. The standard InChI is InChI=1S/C19H13Cl2FN2OS/c20-16-7-3-13(10-17(16)21)4-8-18(25)24-19-23-11-15(26-19)9-12-1-5-14(22)6-2-12/h1-8,10-11H,9H2,(H,23,24,25). The van der Waals surface area contributed by atoms with Crippen molar-refractivity contribution in [2.75, 3.05) is 5.32 Å². The zero-order valence-electron chi connectivity index (χ0n) is 13.4. The summed E-state index contributed by atoms with van der Waals surface area (Å²) in [4.78, 5) is 17.2. The molecular weight excluding hydrogens is 394 g/mol. The Bertz CT molecular complexity index is 954. The third kappa shape index (κ3) is 5.14. The fourth-order valence-corrected chi connectivity index (χ4v) is 3.34. The minimum absolute atomic E-state index is 0.264. The number of carbonyl (C=O) groups is 1. The van der Waals surface area contributed by atoms with Crippen LogP contribution >= 0.6 is 34.5 Å². The molecule has 1 amide bonds. The smallest absolute Gasteiger partial charge is 0.250 e. The van der Waals surface area contributed by atoms with E-state index in [1.54, 1.807) is 42.6 Å². The highest BCUT2D eigenvalue weighted by atomic mass is 35.5. The van der Waals surface area contributed by atoms with Gasteiger partial charge in [0, 0.05) is 23.6 Å². The van der Waals surface area contributed by atoms with Crippen LogP contribution in [0.3, 0.4) is 0 Å². The van der Waals surface area contributed by atoms with Gasteiger partial charge < -0.3 is 0 Å². The van der Waals surface area contributed by atoms with E-state index in [2.05, 4.69) is 10.3 Å². The van der Waals surface area contributed by atoms with Crippen molar-refractivity contribution >= 4 is 51.7 Å². The fraction of sp³-hybridized carbons (Fsp3) is 0.0526. The first-order valence-electron chi connectivity index (χ1n) is 7.63. The molecule has 0 atom stereocenters. The maximum absolute atomic E-state index is 12.9. The summed E-state index contributed by atoms with van der Waals surface area (Å²) < 4.78 is 12.9. The van der Waals surface area contributed by atoms with E-state index in [1.165, 1.54) is 29.5 Å². The van der Waals surface area contributed by atoms with Gasteiger partial charge in [0.15, 0.2) is 5.13 Å². The van der Waals surface area contributed by atoms with E-state index in [1.807, 2.05) is 0 Å². The maximum atomic E-state index is 12.9. The third-order valence-corrected chi connectivity index (χ3v) is 5.10. The van der Waals surface area contributed by atoms with Gasteiger partial charge >= 0.3 is 0 Å². The molecular formula is C19H13Cl2FN2OS. The molecule has 2 aromatic carbocycles. The molecule has 3 nitrogen and oxygen atoms in total. The van der Waals surface area contributed by atoms with E-state index in [0.29, 0.717) is 21.6 Å². The zero-order valence-corrected chi connectivity index (χ0v) is 15.7. The van der Waals surface area contributed by atoms with E-state index >= 15 is 0 Å². The van der Waals surface area contributed by atoms with Crippen LogP contribution in [-0.4, -0.2) is 10.9 Å². The molecule has 0 aliphatic carbocycles. The minimum atomic E-state index is -0.293. The highest BCUT2D eigenvalue weighted by molar-refractivity contribution is 7.15. The van der Waals surface area contributed by atoms with Gasteiger partial charge in [-0.2, -0.15) is 0 Å². The van der Waals surface area contributed by atoms with Crippen LogP contribution in [0.1, 0.15) is 16.0 Å². The van der Waals surface area contributed by atoms with Gasteiger partial charge in [-0.3, -0.25) is 10.1 Å². The van der Waals surface area contributed by atoms with Gasteiger partial charge in [-0.1, -0.05) is 41.4 Å². The van der Waals surface area contributed by atoms with Crippen molar-refractivity contribution in [2.24, 2.45) is 0 Å². The van der Waals surface area contributed by atoms with Crippen LogP contribution < -0.4 is 5.32 Å². The quantitative estimate of drug-likeness (QED) is 0.541. The fourth-order valence-electron chi connectivity index (χ4n) is 2.19. The summed E-state index contributed by atoms with van der Waals surface area (Å²) in [5.41, 5.74) is 1.75. The normalized spacial score (nSPS) is 11.0. The molecule has 0 saturated heterocycles. The molecule has 0 radical (unpaired) electrons. The van der Waals surface area contributed by atoms with E-state index in [9.17, 15) is 9.18 Å². The topological polar surface area (TPSA) is 42.0 Å². The second-order valence-corrected chi connectivity index (χ2v) is 7.36. The van der Waals surface area contributed by atoms with Gasteiger partial charge in [0.1, 0.15) is 5.82 Å². The molecule has 0 aliphatic heterocycles. The summed E-state index contributed by atoms with van der Waals surface area (Å²) in [6.07, 6.45) is 5.38. The van der Waals surface area contributed by atoms with Crippen molar-refractivity contribution < 1.29 is 9.18 Å². The summed E-state index contributed by atoms with van der Waals surface area (Å²) in [6, 6.07) is 11.4. The largest absolute Gasteiger partial charge is 0.298 e. The van der Waals surface area contributed by atoms with Gasteiger partial charge in [-0.15, -0.1) is 11.3 Å². The SMILES string of the molecule is O=C(C=Cc1ccc(Cl)c(Cl)c1)Nc1ncc(Cc2ccc(F)cc2)s1. The molecule has 1 heterocycles. The highest BCUT2D eigenvalue weighted by Crippen LogP contribution is 2.24. The Hall–Kier alpha value is -2.21. The lowest BCUT2D eigenvalue weighted by Crippen LogP contribution is -2.07. The molecule has 3 rings (SSSR count). The highest BCUT2D eigenvalue weighted by Gasteiger charge is 2.06. The lowest BCUT2D eigenvalue weighted by molar-refractivity contribution is -0.111. The molecule has 0 unspecified atom stereocenters. The Balaban J connectivity index is 1.59. The molecule has 0 spiro atoms. The molecule has 3 aromatic rings. The summed E-state index contributed by atoms with van der Waals surface area (Å²) in [5.74, 6) is -0.557. The van der Waals surface area contributed by atoms with Gasteiger partial charge in [-0.25, -0.2) is 9.37 Å². The Morgan fingerprint density at radius 1 is 1.15 bits per heavy atom. The van der Waals surface area contributed by atoms with E-state index in [-0.39, 0.29) is 11.7 Å². The van der Waals surface area contributed by atoms with Crippen LogP contribution in [-0.2, 0) is 11.2 Å². The number of halogens is 3. The number of nitrogens with zero attached hydrogens (tertiary/aromatic N) is 1. The number of hydrogen-bond acceptors (Lipinski definition) is 3. The van der Waals surface area contributed by atoms with Crippen LogP contribution in [0, 0.1) is 5.82 Å². The Labute approximate surface area is 164 Å². The van der Waals surface area contributed by atoms with Crippen molar-refractivity contribution in [2.45, 2.75) is 6.42 Å². The molecule has 0 bridgehead atoms. The van der Waals surface area contributed by atoms with E-state index in [4.69, 9.17) is 23.2 Å². The van der Waals surface area contributed by atoms with Crippen LogP contribution in [0.4, 0.5) is 9.52 Å². The number of amides is 1. The predicted octanol–water partition coefficient (Wildman–Crippen LogP) is 5.83. The number of rotatable bonds is 5. The number of aromatic nitrogens is 1. The molecule has 7 heteroatoms. The molecule has 1 N–H and O–H groups in total. The maximum Gasteiger partial charge on any atom is 0.250 e. The van der Waals surface area contributed by atoms with Crippen LogP contribution in [0.25, 0.3) is 6.08 Å². The first-order chi connectivity index (χ1) is 12.5. The van der Waals surface area contributed by atoms with Gasteiger partial charge in [0.2, 0.25) is 5.91 Å². The lowest BCUT2D eigenvalue weighted by Gasteiger charge is -1.99. The predicted molar refractivity (Wildman–Crippen MR) is 105 cm³/mol. The second-order valence-electron chi connectivity index (χ2n) is 5.43. The number of hydrogen-bond donors (Lipinski definition) is 1. The summed E-state index contributed by atoms with van der Waals surface area (Å²) in [7, 11) is 0. The Morgan fingerprint density at radius 3 is 2.65 bits per heavy atom. The Kier molecular flexibility index (Phi) is 6.04. The van der Waals surface area contributed by atoms with Gasteiger partial charge in [0.25, 0.3) is 0 Å². The third-order valence-electron chi connectivity index (χ3n) is 3.45. The van der Waals surface area contributed by atoms with Crippen LogP contribution in [0.5, 0.6) is 0 Å². The molecule has 132 valence electrons. The average molecular weight is 407 g/mol. The molecule has 0 saturated carbocycles. The zero-order chi connectivity index (χ0) is 18.5.